The van der Waals surface area contributed by atoms with Crippen molar-refractivity contribution in [1.29, 1.82) is 0 Å². The molecule has 0 aliphatic carbocycles. The van der Waals surface area contributed by atoms with Crippen LogP contribution in [0.3, 0.4) is 0 Å². The number of aryl methyl sites for hydroxylation is 1. The third kappa shape index (κ3) is 6.35. The smallest absolute Gasteiger partial charge is 0.216 e. The lowest BCUT2D eigenvalue weighted by molar-refractivity contribution is 0.367. The summed E-state index contributed by atoms with van der Waals surface area (Å²) < 4.78 is 5.88. The molecule has 160 valence electrons. The molecule has 0 bridgehead atoms. The van der Waals surface area contributed by atoms with Gasteiger partial charge in [0, 0.05) is 43.8 Å². The first-order chi connectivity index (χ1) is 13.4. The van der Waals surface area contributed by atoms with Gasteiger partial charge in [0.05, 0.1) is 6.20 Å². The molecule has 0 saturated carbocycles. The van der Waals surface area contributed by atoms with Crippen molar-refractivity contribution in [3.05, 3.63) is 47.7 Å². The van der Waals surface area contributed by atoms with Gasteiger partial charge in [-0.25, -0.2) is 9.98 Å². The summed E-state index contributed by atoms with van der Waals surface area (Å²) in [5.74, 6) is 2.50. The van der Waals surface area contributed by atoms with Crippen molar-refractivity contribution < 1.29 is 4.42 Å². The number of rotatable bonds is 4. The summed E-state index contributed by atoms with van der Waals surface area (Å²) in [5, 5.41) is 3.41. The van der Waals surface area contributed by atoms with Crippen LogP contribution in [-0.4, -0.2) is 48.6 Å². The van der Waals surface area contributed by atoms with Crippen LogP contribution >= 0.6 is 24.0 Å². The van der Waals surface area contributed by atoms with Crippen LogP contribution in [0.1, 0.15) is 44.9 Å². The third-order valence-corrected chi connectivity index (χ3v) is 4.94. The Labute approximate surface area is 191 Å². The predicted octanol–water partition coefficient (Wildman–Crippen LogP) is 4.19. The Hall–Kier alpha value is -1.77. The highest BCUT2D eigenvalue weighted by atomic mass is 127. The van der Waals surface area contributed by atoms with Gasteiger partial charge >= 0.3 is 0 Å². The van der Waals surface area contributed by atoms with Crippen molar-refractivity contribution in [2.45, 2.75) is 46.6 Å². The summed E-state index contributed by atoms with van der Waals surface area (Å²) in [4.78, 5) is 13.9. The fraction of sp³-hybridized carbons (Fsp3) is 0.545. The van der Waals surface area contributed by atoms with Crippen molar-refractivity contribution in [2.75, 3.05) is 37.6 Å². The number of nitrogens with one attached hydrogen (secondary N) is 1. The normalized spacial score (nSPS) is 15.3. The highest BCUT2D eigenvalue weighted by Gasteiger charge is 2.21. The standard InChI is InChI=1S/C22H33N5O.HI/c1-6-23-21(25-16-20-24-15-19(28-20)22(3,4)5)27-12-10-26(11-13-27)18-9-7-8-17(2)14-18;/h7-9,14-15H,6,10-13,16H2,1-5H3,(H,23,25);1H. The summed E-state index contributed by atoms with van der Waals surface area (Å²) in [6.45, 7) is 15.8. The fourth-order valence-electron chi connectivity index (χ4n) is 3.30. The van der Waals surface area contributed by atoms with Crippen LogP contribution < -0.4 is 10.2 Å². The summed E-state index contributed by atoms with van der Waals surface area (Å²) >= 11 is 0. The number of hydrogen-bond donors (Lipinski definition) is 1. The number of piperazine rings is 1. The van der Waals surface area contributed by atoms with Gasteiger partial charge in [-0.2, -0.15) is 0 Å². The highest BCUT2D eigenvalue weighted by Crippen LogP contribution is 2.23. The monoisotopic (exact) mass is 511 g/mol. The van der Waals surface area contributed by atoms with Gasteiger partial charge in [-0.15, -0.1) is 24.0 Å². The average Bonchev–Trinajstić information content (AvgIpc) is 3.15. The Bertz CT molecular complexity index is 804. The summed E-state index contributed by atoms with van der Waals surface area (Å²) in [5.41, 5.74) is 2.57. The average molecular weight is 511 g/mol. The first-order valence-electron chi connectivity index (χ1n) is 10.2. The van der Waals surface area contributed by atoms with Gasteiger partial charge in [0.2, 0.25) is 5.89 Å². The topological polar surface area (TPSA) is 56.9 Å². The van der Waals surface area contributed by atoms with E-state index < -0.39 is 0 Å². The number of aromatic nitrogens is 1. The number of hydrogen-bond acceptors (Lipinski definition) is 4. The Morgan fingerprint density at radius 2 is 1.93 bits per heavy atom. The van der Waals surface area contributed by atoms with Crippen LogP contribution in [0.25, 0.3) is 0 Å². The number of benzene rings is 1. The van der Waals surface area contributed by atoms with Gasteiger partial charge in [-0.05, 0) is 31.5 Å². The van der Waals surface area contributed by atoms with Crippen LogP contribution in [0.4, 0.5) is 5.69 Å². The molecule has 1 fully saturated rings. The van der Waals surface area contributed by atoms with Crippen molar-refractivity contribution in [3.8, 4) is 0 Å². The van der Waals surface area contributed by atoms with Crippen LogP contribution in [0, 0.1) is 6.92 Å². The third-order valence-electron chi connectivity index (χ3n) is 4.94. The maximum Gasteiger partial charge on any atom is 0.216 e. The van der Waals surface area contributed by atoms with Gasteiger partial charge in [0.1, 0.15) is 12.3 Å². The summed E-state index contributed by atoms with van der Waals surface area (Å²) in [6, 6.07) is 8.72. The molecule has 1 aromatic carbocycles. The van der Waals surface area contributed by atoms with E-state index in [9.17, 15) is 0 Å². The molecule has 7 heteroatoms. The van der Waals surface area contributed by atoms with Gasteiger partial charge in [-0.3, -0.25) is 0 Å². The van der Waals surface area contributed by atoms with Gasteiger partial charge < -0.3 is 19.5 Å². The Balaban J connectivity index is 0.00000300. The number of anilines is 1. The van der Waals surface area contributed by atoms with Gasteiger partial charge in [-0.1, -0.05) is 32.9 Å². The van der Waals surface area contributed by atoms with E-state index in [0.29, 0.717) is 12.4 Å². The largest absolute Gasteiger partial charge is 0.443 e. The molecule has 1 N–H and O–H groups in total. The second-order valence-corrected chi connectivity index (χ2v) is 8.35. The second kappa shape index (κ2) is 10.3. The van der Waals surface area contributed by atoms with Crippen LogP contribution in [0.15, 0.2) is 39.9 Å². The van der Waals surface area contributed by atoms with E-state index in [1.807, 2.05) is 6.20 Å². The molecule has 0 amide bonds. The van der Waals surface area contributed by atoms with Gasteiger partial charge in [0.25, 0.3) is 0 Å². The lowest BCUT2D eigenvalue weighted by Gasteiger charge is -2.37. The molecule has 0 spiro atoms. The van der Waals surface area contributed by atoms with Crippen molar-refractivity contribution >= 4 is 35.6 Å². The molecule has 0 radical (unpaired) electrons. The molecule has 0 unspecified atom stereocenters. The minimum atomic E-state index is -0.0361. The summed E-state index contributed by atoms with van der Waals surface area (Å²) in [7, 11) is 0. The Morgan fingerprint density at radius 3 is 2.52 bits per heavy atom. The molecule has 0 atom stereocenters. The maximum atomic E-state index is 5.88. The van der Waals surface area contributed by atoms with E-state index in [1.54, 1.807) is 0 Å². The van der Waals surface area contributed by atoms with E-state index in [-0.39, 0.29) is 29.4 Å². The number of aliphatic imine (C=N–C) groups is 1. The summed E-state index contributed by atoms with van der Waals surface area (Å²) in [6.07, 6.45) is 1.82. The number of oxazole rings is 1. The molecule has 1 saturated heterocycles. The van der Waals surface area contributed by atoms with Crippen molar-refractivity contribution in [1.82, 2.24) is 15.2 Å². The zero-order valence-corrected chi connectivity index (χ0v) is 20.6. The van der Waals surface area contributed by atoms with Crippen LogP contribution in [0.5, 0.6) is 0 Å². The molecule has 29 heavy (non-hydrogen) atoms. The van der Waals surface area contributed by atoms with Crippen LogP contribution in [-0.2, 0) is 12.0 Å². The molecular formula is C22H34IN5O. The molecule has 6 nitrogen and oxygen atoms in total. The first-order valence-corrected chi connectivity index (χ1v) is 10.2. The van der Waals surface area contributed by atoms with Crippen molar-refractivity contribution in [2.24, 2.45) is 4.99 Å². The molecular weight excluding hydrogens is 477 g/mol. The van der Waals surface area contributed by atoms with E-state index in [0.717, 1.165) is 44.4 Å². The minimum absolute atomic E-state index is 0. The molecule has 1 aliphatic rings. The number of nitrogens with zero attached hydrogens (tertiary/aromatic N) is 4. The van der Waals surface area contributed by atoms with Crippen molar-refractivity contribution in [3.63, 3.8) is 0 Å². The van der Waals surface area contributed by atoms with E-state index in [4.69, 9.17) is 9.41 Å². The van der Waals surface area contributed by atoms with Crippen LogP contribution in [0.2, 0.25) is 0 Å². The lowest BCUT2D eigenvalue weighted by Crippen LogP contribution is -2.52. The number of halogens is 1. The highest BCUT2D eigenvalue weighted by molar-refractivity contribution is 14.0. The molecule has 2 aromatic rings. The molecule has 3 rings (SSSR count). The van der Waals surface area contributed by atoms with E-state index >= 15 is 0 Å². The molecule has 1 aromatic heterocycles. The minimum Gasteiger partial charge on any atom is -0.443 e. The second-order valence-electron chi connectivity index (χ2n) is 8.35. The molecule has 1 aliphatic heterocycles. The first kappa shape index (κ1) is 23.5. The van der Waals surface area contributed by atoms with E-state index in [2.05, 4.69) is 79.0 Å². The quantitative estimate of drug-likeness (QED) is 0.379. The maximum absolute atomic E-state index is 5.88. The van der Waals surface area contributed by atoms with E-state index in [1.165, 1.54) is 11.3 Å². The Morgan fingerprint density at radius 1 is 1.21 bits per heavy atom. The zero-order chi connectivity index (χ0) is 20.1. The predicted molar refractivity (Wildman–Crippen MR) is 130 cm³/mol. The fourth-order valence-corrected chi connectivity index (χ4v) is 3.30. The SMILES string of the molecule is CCNC(=NCc1ncc(C(C)(C)C)o1)N1CCN(c2cccc(C)c2)CC1.I. The van der Waals surface area contributed by atoms with Gasteiger partial charge in [0.15, 0.2) is 5.96 Å². The Kier molecular flexibility index (Phi) is 8.36. The molecule has 2 heterocycles. The lowest BCUT2D eigenvalue weighted by atomic mass is 9.94. The number of guanidine groups is 1. The zero-order valence-electron chi connectivity index (χ0n) is 18.2.